The first-order valence-corrected chi connectivity index (χ1v) is 8.34. The monoisotopic (exact) mass is 336 g/mol. The first-order chi connectivity index (χ1) is 12.1. The fourth-order valence-corrected chi connectivity index (χ4v) is 3.18. The maximum Gasteiger partial charge on any atom is 0.248 e. The lowest BCUT2D eigenvalue weighted by Crippen LogP contribution is -2.44. The largest absolute Gasteiger partial charge is 0.454 e. The van der Waals surface area contributed by atoms with Crippen molar-refractivity contribution >= 4 is 23.5 Å². The van der Waals surface area contributed by atoms with E-state index in [2.05, 4.69) is 27.9 Å². The quantitative estimate of drug-likeness (QED) is 0.780. The van der Waals surface area contributed by atoms with Gasteiger partial charge in [-0.15, -0.1) is 0 Å². The number of nitrogens with zero attached hydrogens (tertiary/aromatic N) is 3. The van der Waals surface area contributed by atoms with Crippen LogP contribution in [-0.2, 0) is 0 Å². The van der Waals surface area contributed by atoms with Crippen LogP contribution in [-0.4, -0.2) is 50.2 Å². The Hall–Kier alpha value is -2.86. The predicted molar refractivity (Wildman–Crippen MR) is 98.4 cm³/mol. The molecule has 0 aromatic heterocycles. The molecule has 2 aromatic rings. The molecule has 1 fully saturated rings. The van der Waals surface area contributed by atoms with Gasteiger partial charge in [-0.3, -0.25) is 9.79 Å². The maximum atomic E-state index is 11.4. The molecule has 2 aliphatic heterocycles. The molecule has 0 spiro atoms. The van der Waals surface area contributed by atoms with Crippen molar-refractivity contribution in [1.29, 1.82) is 0 Å². The molecule has 0 radical (unpaired) electrons. The third-order valence-electron chi connectivity index (χ3n) is 4.68. The summed E-state index contributed by atoms with van der Waals surface area (Å²) < 4.78 is 6.08. The Labute approximate surface area is 146 Å². The first-order valence-electron chi connectivity index (χ1n) is 8.34. The number of anilines is 1. The Balaban J connectivity index is 1.72. The van der Waals surface area contributed by atoms with Gasteiger partial charge in [0, 0.05) is 43.6 Å². The van der Waals surface area contributed by atoms with Gasteiger partial charge in [0.05, 0.1) is 5.56 Å². The van der Waals surface area contributed by atoms with Gasteiger partial charge in [-0.1, -0.05) is 6.07 Å². The molecular formula is C19H20N4O2. The lowest BCUT2D eigenvalue weighted by atomic mass is 10.1. The summed E-state index contributed by atoms with van der Waals surface area (Å²) in [5.74, 6) is 0.916. The zero-order valence-corrected chi connectivity index (χ0v) is 14.1. The molecule has 1 amide bonds. The molecule has 0 saturated carbocycles. The van der Waals surface area contributed by atoms with Crippen molar-refractivity contribution < 1.29 is 9.53 Å². The number of benzene rings is 2. The van der Waals surface area contributed by atoms with Crippen LogP contribution in [0.5, 0.6) is 11.5 Å². The summed E-state index contributed by atoms with van der Waals surface area (Å²) >= 11 is 0. The number of primary amides is 1. The normalized spacial score (nSPS) is 16.6. The third-order valence-corrected chi connectivity index (χ3v) is 4.68. The number of hydrogen-bond donors (Lipinski definition) is 1. The van der Waals surface area contributed by atoms with Crippen molar-refractivity contribution in [2.75, 3.05) is 38.1 Å². The van der Waals surface area contributed by atoms with E-state index in [0.29, 0.717) is 17.0 Å². The van der Waals surface area contributed by atoms with Gasteiger partial charge in [0.2, 0.25) is 5.91 Å². The van der Waals surface area contributed by atoms with E-state index < -0.39 is 5.91 Å². The summed E-state index contributed by atoms with van der Waals surface area (Å²) in [4.78, 5) is 20.6. The minimum atomic E-state index is -0.474. The number of carbonyl (C=O) groups excluding carboxylic acids is 1. The van der Waals surface area contributed by atoms with Crippen molar-refractivity contribution in [1.82, 2.24) is 4.90 Å². The summed E-state index contributed by atoms with van der Waals surface area (Å²) in [6.07, 6.45) is 1.82. The molecule has 6 heteroatoms. The highest BCUT2D eigenvalue weighted by atomic mass is 16.5. The molecule has 2 N–H and O–H groups in total. The second-order valence-corrected chi connectivity index (χ2v) is 6.39. The molecule has 0 atom stereocenters. The summed E-state index contributed by atoms with van der Waals surface area (Å²) in [5, 5.41) is 0. The highest BCUT2D eigenvalue weighted by Gasteiger charge is 2.21. The van der Waals surface area contributed by atoms with Crippen LogP contribution in [0.3, 0.4) is 0 Å². The summed E-state index contributed by atoms with van der Waals surface area (Å²) in [6, 6.07) is 11.1. The number of aliphatic imine (C=N–C) groups is 1. The lowest BCUT2D eigenvalue weighted by molar-refractivity contribution is 0.100. The van der Waals surface area contributed by atoms with Gasteiger partial charge >= 0.3 is 0 Å². The number of rotatable bonds is 2. The Bertz CT molecular complexity index is 854. The van der Waals surface area contributed by atoms with E-state index in [0.717, 1.165) is 43.2 Å². The van der Waals surface area contributed by atoms with E-state index in [1.807, 2.05) is 18.3 Å². The smallest absolute Gasteiger partial charge is 0.248 e. The van der Waals surface area contributed by atoms with Gasteiger partial charge in [-0.25, -0.2) is 0 Å². The number of likely N-dealkylation sites (N-methyl/N-ethyl adjacent to an activating group) is 1. The first kappa shape index (κ1) is 15.7. The summed E-state index contributed by atoms with van der Waals surface area (Å²) in [5.41, 5.74) is 8.47. The molecule has 1 saturated heterocycles. The fourth-order valence-electron chi connectivity index (χ4n) is 3.18. The minimum absolute atomic E-state index is 0.421. The van der Waals surface area contributed by atoms with Crippen LogP contribution >= 0.6 is 0 Å². The fraction of sp³-hybridized carbons (Fsp3) is 0.263. The van der Waals surface area contributed by atoms with Gasteiger partial charge < -0.3 is 20.3 Å². The SMILES string of the molecule is CN1CCN(c2cccc3c2C=Nc2cc(C(N)=O)ccc2O3)CC1. The van der Waals surface area contributed by atoms with Crippen molar-refractivity contribution in [3.05, 3.63) is 47.5 Å². The highest BCUT2D eigenvalue weighted by Crippen LogP contribution is 2.39. The molecule has 128 valence electrons. The highest BCUT2D eigenvalue weighted by molar-refractivity contribution is 5.97. The van der Waals surface area contributed by atoms with Crippen LogP contribution in [0.1, 0.15) is 15.9 Å². The Morgan fingerprint density at radius 3 is 2.68 bits per heavy atom. The van der Waals surface area contributed by atoms with Crippen LogP contribution in [0.2, 0.25) is 0 Å². The third kappa shape index (κ3) is 2.96. The Morgan fingerprint density at radius 1 is 1.12 bits per heavy atom. The molecule has 0 bridgehead atoms. The van der Waals surface area contributed by atoms with E-state index in [9.17, 15) is 4.79 Å². The summed E-state index contributed by atoms with van der Waals surface area (Å²) in [7, 11) is 2.14. The van der Waals surface area contributed by atoms with E-state index in [4.69, 9.17) is 10.5 Å². The van der Waals surface area contributed by atoms with Gasteiger partial charge in [-0.05, 0) is 37.4 Å². The van der Waals surface area contributed by atoms with Crippen LogP contribution in [0.4, 0.5) is 11.4 Å². The molecule has 25 heavy (non-hydrogen) atoms. The number of ether oxygens (including phenoxy) is 1. The molecule has 2 heterocycles. The zero-order chi connectivity index (χ0) is 17.4. The number of hydrogen-bond acceptors (Lipinski definition) is 5. The van der Waals surface area contributed by atoms with E-state index >= 15 is 0 Å². The van der Waals surface area contributed by atoms with Crippen molar-refractivity contribution in [2.24, 2.45) is 10.7 Å². The maximum absolute atomic E-state index is 11.4. The second-order valence-electron chi connectivity index (χ2n) is 6.39. The van der Waals surface area contributed by atoms with Crippen LogP contribution in [0, 0.1) is 0 Å². The van der Waals surface area contributed by atoms with E-state index in [1.54, 1.807) is 18.2 Å². The lowest BCUT2D eigenvalue weighted by Gasteiger charge is -2.35. The molecule has 0 aliphatic carbocycles. The van der Waals surface area contributed by atoms with Crippen LogP contribution in [0.15, 0.2) is 41.4 Å². The van der Waals surface area contributed by atoms with Crippen molar-refractivity contribution in [2.45, 2.75) is 0 Å². The van der Waals surface area contributed by atoms with Gasteiger partial charge in [-0.2, -0.15) is 0 Å². The minimum Gasteiger partial charge on any atom is -0.454 e. The zero-order valence-electron chi connectivity index (χ0n) is 14.1. The van der Waals surface area contributed by atoms with Crippen molar-refractivity contribution in [3.8, 4) is 11.5 Å². The van der Waals surface area contributed by atoms with E-state index in [-0.39, 0.29) is 0 Å². The molecule has 2 aliphatic rings. The Morgan fingerprint density at radius 2 is 1.92 bits per heavy atom. The second kappa shape index (κ2) is 6.22. The Kier molecular flexibility index (Phi) is 3.89. The van der Waals surface area contributed by atoms with Gasteiger partial charge in [0.15, 0.2) is 5.75 Å². The van der Waals surface area contributed by atoms with Gasteiger partial charge in [0.1, 0.15) is 11.4 Å². The van der Waals surface area contributed by atoms with Gasteiger partial charge in [0.25, 0.3) is 0 Å². The molecule has 0 unspecified atom stereocenters. The number of nitrogens with two attached hydrogens (primary N) is 1. The topological polar surface area (TPSA) is 71.2 Å². The number of fused-ring (bicyclic) bond motifs is 2. The predicted octanol–water partition coefficient (Wildman–Crippen LogP) is 2.39. The standard InChI is InChI=1S/C19H20N4O2/c1-22-7-9-23(10-8-22)16-3-2-4-17-14(16)12-21-15-11-13(19(20)24)5-6-18(15)25-17/h2-6,11-12H,7-10H2,1H3,(H2,20,24). The van der Waals surface area contributed by atoms with E-state index in [1.165, 1.54) is 0 Å². The van der Waals surface area contributed by atoms with Crippen LogP contribution < -0.4 is 15.4 Å². The number of piperazine rings is 1. The number of amides is 1. The molecule has 2 aromatic carbocycles. The average Bonchev–Trinajstić information content (AvgIpc) is 2.80. The summed E-state index contributed by atoms with van der Waals surface area (Å²) in [6.45, 7) is 4.01. The molecular weight excluding hydrogens is 316 g/mol. The molecule has 4 rings (SSSR count). The molecule has 6 nitrogen and oxygen atoms in total. The van der Waals surface area contributed by atoms with Crippen LogP contribution in [0.25, 0.3) is 0 Å². The van der Waals surface area contributed by atoms with Crippen molar-refractivity contribution in [3.63, 3.8) is 0 Å². The number of carbonyl (C=O) groups is 1. The average molecular weight is 336 g/mol.